The van der Waals surface area contributed by atoms with Gasteiger partial charge in [0, 0.05) is 17.1 Å². The highest BCUT2D eigenvalue weighted by Crippen LogP contribution is 2.67. The molecule has 3 aliphatic rings. The molecular weight excluding hydrogens is 759 g/mol. The summed E-state index contributed by atoms with van der Waals surface area (Å²) in [7, 11) is 0. The van der Waals surface area contributed by atoms with Crippen molar-refractivity contribution in [1.82, 2.24) is 0 Å². The van der Waals surface area contributed by atoms with E-state index in [0.29, 0.717) is 0 Å². The molecule has 10 aromatic rings. The molecule has 0 saturated carbocycles. The Bertz CT molecular complexity index is 3320. The smallest absolute Gasteiger partial charge is 0.0720 e. The monoisotopic (exact) mass is 799 g/mol. The topological polar surface area (TPSA) is 3.24 Å². The summed E-state index contributed by atoms with van der Waals surface area (Å²) in [5.74, 6) is 0. The van der Waals surface area contributed by atoms with Crippen LogP contribution < -0.4 is 4.90 Å². The summed E-state index contributed by atoms with van der Waals surface area (Å²) >= 11 is 0. The third-order valence-corrected chi connectivity index (χ3v) is 14.2. The van der Waals surface area contributed by atoms with Gasteiger partial charge in [-0.25, -0.2) is 0 Å². The summed E-state index contributed by atoms with van der Waals surface area (Å²) < 4.78 is 0. The Morgan fingerprint density at radius 1 is 0.206 bits per heavy atom. The van der Waals surface area contributed by atoms with Gasteiger partial charge in [-0.3, -0.25) is 0 Å². The average molecular weight is 800 g/mol. The van der Waals surface area contributed by atoms with Crippen molar-refractivity contribution in [3.8, 4) is 44.5 Å². The van der Waals surface area contributed by atoms with Gasteiger partial charge in [0.15, 0.2) is 0 Å². The Morgan fingerprint density at radius 3 is 1.08 bits per heavy atom. The molecule has 0 N–H and O–H groups in total. The van der Waals surface area contributed by atoms with Gasteiger partial charge in [0.1, 0.15) is 0 Å². The molecule has 1 nitrogen and oxygen atoms in total. The first kappa shape index (κ1) is 35.7. The van der Waals surface area contributed by atoms with Crippen LogP contribution in [0, 0.1) is 0 Å². The van der Waals surface area contributed by atoms with Crippen molar-refractivity contribution in [2.45, 2.75) is 10.8 Å². The van der Waals surface area contributed by atoms with Crippen LogP contribution in [0.5, 0.6) is 0 Å². The van der Waals surface area contributed by atoms with Crippen molar-refractivity contribution in [2.75, 3.05) is 4.90 Å². The lowest BCUT2D eigenvalue weighted by Crippen LogP contribution is -2.43. The van der Waals surface area contributed by atoms with E-state index in [-0.39, 0.29) is 0 Å². The zero-order valence-electron chi connectivity index (χ0n) is 34.6. The number of anilines is 3. The third-order valence-electron chi connectivity index (χ3n) is 14.2. The minimum atomic E-state index is -0.578. The van der Waals surface area contributed by atoms with Crippen LogP contribution in [0.2, 0.25) is 0 Å². The Labute approximate surface area is 368 Å². The van der Waals surface area contributed by atoms with Crippen LogP contribution in [-0.4, -0.2) is 0 Å². The number of para-hydroxylation sites is 1. The van der Waals surface area contributed by atoms with E-state index in [9.17, 15) is 0 Å². The second-order valence-corrected chi connectivity index (χ2v) is 17.1. The van der Waals surface area contributed by atoms with Crippen LogP contribution in [0.25, 0.3) is 44.5 Å². The summed E-state index contributed by atoms with van der Waals surface area (Å²) in [5.41, 5.74) is 22.9. The van der Waals surface area contributed by atoms with E-state index in [1.54, 1.807) is 0 Å². The number of nitrogens with zero attached hydrogens (tertiary/aromatic N) is 1. The zero-order valence-corrected chi connectivity index (χ0v) is 34.6. The van der Waals surface area contributed by atoms with E-state index in [1.165, 1.54) is 89.0 Å². The Balaban J connectivity index is 1.13. The molecule has 0 atom stereocenters. The molecule has 13 rings (SSSR count). The molecule has 0 amide bonds. The predicted octanol–water partition coefficient (Wildman–Crippen LogP) is 15.5. The van der Waals surface area contributed by atoms with E-state index in [1.807, 2.05) is 0 Å². The molecular formula is C62H41N. The molecule has 0 saturated heterocycles. The predicted molar refractivity (Wildman–Crippen MR) is 260 cm³/mol. The first-order valence-corrected chi connectivity index (χ1v) is 22.0. The molecule has 0 unspecified atom stereocenters. The second-order valence-electron chi connectivity index (χ2n) is 17.1. The second kappa shape index (κ2) is 13.8. The van der Waals surface area contributed by atoms with Crippen molar-refractivity contribution in [3.05, 3.63) is 293 Å². The molecule has 0 aromatic heterocycles. The maximum absolute atomic E-state index is 2.55. The van der Waals surface area contributed by atoms with Gasteiger partial charge in [0.05, 0.1) is 10.8 Å². The third kappa shape index (κ3) is 4.88. The van der Waals surface area contributed by atoms with Crippen molar-refractivity contribution in [1.29, 1.82) is 0 Å². The van der Waals surface area contributed by atoms with Crippen LogP contribution in [-0.2, 0) is 10.8 Å². The fraction of sp³-hybridized carbons (Fsp3) is 0.0323. The molecule has 0 bridgehead atoms. The molecule has 0 fully saturated rings. The van der Waals surface area contributed by atoms with Gasteiger partial charge >= 0.3 is 0 Å². The van der Waals surface area contributed by atoms with E-state index in [4.69, 9.17) is 0 Å². The zero-order chi connectivity index (χ0) is 41.5. The fourth-order valence-electron chi connectivity index (χ4n) is 11.8. The van der Waals surface area contributed by atoms with E-state index in [0.717, 1.165) is 17.1 Å². The fourth-order valence-corrected chi connectivity index (χ4v) is 11.8. The van der Waals surface area contributed by atoms with Gasteiger partial charge in [0.25, 0.3) is 0 Å². The van der Waals surface area contributed by atoms with Crippen LogP contribution >= 0.6 is 0 Å². The van der Waals surface area contributed by atoms with E-state index < -0.39 is 10.8 Å². The molecule has 2 spiro atoms. The van der Waals surface area contributed by atoms with Gasteiger partial charge in [-0.15, -0.1) is 0 Å². The minimum Gasteiger partial charge on any atom is -0.310 e. The van der Waals surface area contributed by atoms with Crippen molar-refractivity contribution < 1.29 is 0 Å². The molecule has 0 radical (unpaired) electrons. The molecule has 10 aromatic carbocycles. The molecule has 1 heteroatoms. The van der Waals surface area contributed by atoms with Crippen molar-refractivity contribution >= 4 is 17.1 Å². The summed E-state index contributed by atoms with van der Waals surface area (Å²) in [4.78, 5) is 2.46. The lowest BCUT2D eigenvalue weighted by atomic mass is 9.52. The van der Waals surface area contributed by atoms with Gasteiger partial charge < -0.3 is 4.90 Å². The van der Waals surface area contributed by atoms with Crippen LogP contribution in [0.3, 0.4) is 0 Å². The van der Waals surface area contributed by atoms with Crippen molar-refractivity contribution in [2.24, 2.45) is 0 Å². The Kier molecular flexibility index (Phi) is 7.80. The SMILES string of the molecule is c1ccc(-c2ccccc2-c2cccc(N(c3ccccc3)c3ccc4c(c3)C3(c5ccccc5-c5ccccc53)c3ccccc3C43c4ccccc4-c4ccccc43)c2)cc1. The Hall–Kier alpha value is -8.00. The lowest BCUT2D eigenvalue weighted by Gasteiger charge is -2.49. The van der Waals surface area contributed by atoms with Crippen LogP contribution in [0.1, 0.15) is 44.5 Å². The number of hydrogen-bond donors (Lipinski definition) is 0. The molecule has 0 aliphatic heterocycles. The average Bonchev–Trinajstić information content (AvgIpc) is 3.83. The lowest BCUT2D eigenvalue weighted by molar-refractivity contribution is 0.633. The van der Waals surface area contributed by atoms with Gasteiger partial charge in [-0.1, -0.05) is 212 Å². The van der Waals surface area contributed by atoms with Crippen molar-refractivity contribution in [3.63, 3.8) is 0 Å². The number of benzene rings is 10. The maximum atomic E-state index is 2.55. The first-order valence-electron chi connectivity index (χ1n) is 22.0. The minimum absolute atomic E-state index is 0.534. The number of fused-ring (bicyclic) bond motifs is 16. The summed E-state index contributed by atoms with van der Waals surface area (Å²) in [5, 5.41) is 0. The normalized spacial score (nSPS) is 14.0. The summed E-state index contributed by atoms with van der Waals surface area (Å²) in [6.07, 6.45) is 0. The highest BCUT2D eigenvalue weighted by molar-refractivity contribution is 5.95. The molecule has 0 heterocycles. The van der Waals surface area contributed by atoms with E-state index in [2.05, 4.69) is 254 Å². The first-order chi connectivity index (χ1) is 31.3. The summed E-state index contributed by atoms with van der Waals surface area (Å²) in [6.45, 7) is 0. The quantitative estimate of drug-likeness (QED) is 0.168. The Morgan fingerprint density at radius 2 is 0.556 bits per heavy atom. The van der Waals surface area contributed by atoms with E-state index >= 15 is 0 Å². The highest BCUT2D eigenvalue weighted by Gasteiger charge is 2.59. The molecule has 294 valence electrons. The standard InChI is InChI=1S/C62H41N/c1-3-20-42(21-4-1)47-26-7-8-27-48(47)43-22-19-25-45(40-43)63(44-23-5-2-6-24-44)46-38-39-59-60(41-46)62(55-34-15-11-30-51(55)52-31-12-16-35-56(52)62)58-37-18-17-36-57(58)61(59)53-32-13-9-28-49(53)50-29-10-14-33-54(50)61/h1-41H. The number of hydrogen-bond acceptors (Lipinski definition) is 1. The van der Waals surface area contributed by atoms with Gasteiger partial charge in [0.2, 0.25) is 0 Å². The maximum Gasteiger partial charge on any atom is 0.0720 e. The van der Waals surface area contributed by atoms with Gasteiger partial charge in [-0.2, -0.15) is 0 Å². The highest BCUT2D eigenvalue weighted by atomic mass is 15.1. The summed E-state index contributed by atoms with van der Waals surface area (Å²) in [6, 6.07) is 92.8. The largest absolute Gasteiger partial charge is 0.310 e. The molecule has 3 aliphatic carbocycles. The number of rotatable bonds is 5. The molecule has 63 heavy (non-hydrogen) atoms. The van der Waals surface area contributed by atoms with Crippen LogP contribution in [0.4, 0.5) is 17.1 Å². The van der Waals surface area contributed by atoms with Gasteiger partial charge in [-0.05, 0) is 125 Å². The van der Waals surface area contributed by atoms with Crippen LogP contribution in [0.15, 0.2) is 249 Å².